The molecule has 4 atom stereocenters. The van der Waals surface area contributed by atoms with Gasteiger partial charge in [0.1, 0.15) is 0 Å². The topological polar surface area (TPSA) is 87.0 Å². The van der Waals surface area contributed by atoms with Gasteiger partial charge in [0.25, 0.3) is 5.79 Å². The number of methoxy groups -OCH3 is 1. The number of rotatable bonds is 15. The lowest BCUT2D eigenvalue weighted by Gasteiger charge is -2.37. The molecule has 1 rings (SSSR count). The summed E-state index contributed by atoms with van der Waals surface area (Å²) >= 11 is 0. The maximum Gasteiger partial charge on any atom is 0.364 e. The highest BCUT2D eigenvalue weighted by molar-refractivity contribution is 5.76. The number of aliphatic hydroxyl groups is 2. The summed E-state index contributed by atoms with van der Waals surface area (Å²) in [5, 5.41) is 30.0. The zero-order valence-corrected chi connectivity index (χ0v) is 19.0. The fraction of sp³-hybridized carbons (Fsp3) is 0.875. The van der Waals surface area contributed by atoms with E-state index in [0.717, 1.165) is 38.5 Å². The average molecular weight is 413 g/mol. The molecule has 1 aliphatic rings. The normalized spacial score (nSPS) is 24.8. The van der Waals surface area contributed by atoms with Crippen molar-refractivity contribution in [3.05, 3.63) is 12.2 Å². The van der Waals surface area contributed by atoms with Gasteiger partial charge in [-0.25, -0.2) is 4.79 Å². The van der Waals surface area contributed by atoms with Crippen LogP contribution in [0.1, 0.15) is 97.8 Å². The lowest BCUT2D eigenvalue weighted by molar-refractivity contribution is -0.256. The molecule has 1 fully saturated rings. The summed E-state index contributed by atoms with van der Waals surface area (Å²) in [7, 11) is 1.23. The predicted molar refractivity (Wildman–Crippen MR) is 117 cm³/mol. The van der Waals surface area contributed by atoms with E-state index in [9.17, 15) is 20.1 Å². The van der Waals surface area contributed by atoms with Gasteiger partial charge in [-0.05, 0) is 50.4 Å². The lowest BCUT2D eigenvalue weighted by atomic mass is 9.77. The molecule has 0 saturated heterocycles. The monoisotopic (exact) mass is 412 g/mol. The Labute approximate surface area is 177 Å². The summed E-state index contributed by atoms with van der Waals surface area (Å²) in [6.07, 6.45) is 17.1. The quantitative estimate of drug-likeness (QED) is 0.193. The standard InChI is InChI=1S/C24H44O5/c1-5-6-7-8-9-10-11-14-19-16-17-21(25)20(19)15-12-13-18-23(2,3)24(28,29-4)22(26)27/h11,14,19-21,25,28H,5-10,12-13,15-18H2,1-4H3,(H,26,27)/t19-,20+,21-,24?/m0/s1. The second-order valence-corrected chi connectivity index (χ2v) is 9.39. The third kappa shape index (κ3) is 7.69. The van der Waals surface area contributed by atoms with Crippen molar-refractivity contribution in [1.82, 2.24) is 0 Å². The predicted octanol–water partition coefficient (Wildman–Crippen LogP) is 5.30. The van der Waals surface area contributed by atoms with Crippen LogP contribution in [0.15, 0.2) is 12.2 Å². The zero-order chi connectivity index (χ0) is 21.9. The number of carbonyl (C=O) groups is 1. The molecule has 0 radical (unpaired) electrons. The molecule has 3 N–H and O–H groups in total. The van der Waals surface area contributed by atoms with Gasteiger partial charge in [-0.2, -0.15) is 0 Å². The Bertz CT molecular complexity index is 501. The molecule has 0 spiro atoms. The highest BCUT2D eigenvalue weighted by Crippen LogP contribution is 2.40. The van der Waals surface area contributed by atoms with Gasteiger partial charge in [-0.3, -0.25) is 0 Å². The van der Waals surface area contributed by atoms with Gasteiger partial charge in [-0.1, -0.05) is 71.4 Å². The number of carboxylic acids is 1. The highest BCUT2D eigenvalue weighted by Gasteiger charge is 2.50. The molecular weight excluding hydrogens is 368 g/mol. The Morgan fingerprint density at radius 3 is 2.41 bits per heavy atom. The van der Waals surface area contributed by atoms with Crippen molar-refractivity contribution in [2.75, 3.05) is 7.11 Å². The van der Waals surface area contributed by atoms with E-state index in [1.54, 1.807) is 13.8 Å². The van der Waals surface area contributed by atoms with Gasteiger partial charge in [-0.15, -0.1) is 0 Å². The summed E-state index contributed by atoms with van der Waals surface area (Å²) in [6, 6.07) is 0. The molecule has 170 valence electrons. The van der Waals surface area contributed by atoms with E-state index in [1.807, 2.05) is 0 Å². The number of aliphatic hydroxyl groups excluding tert-OH is 1. The van der Waals surface area contributed by atoms with Gasteiger partial charge in [0.15, 0.2) is 0 Å². The van der Waals surface area contributed by atoms with Crippen molar-refractivity contribution >= 4 is 5.97 Å². The molecule has 5 nitrogen and oxygen atoms in total. The zero-order valence-electron chi connectivity index (χ0n) is 19.0. The largest absolute Gasteiger partial charge is 0.477 e. The first-order valence-corrected chi connectivity index (χ1v) is 11.5. The van der Waals surface area contributed by atoms with Gasteiger partial charge in [0.2, 0.25) is 0 Å². The Hall–Kier alpha value is -0.910. The van der Waals surface area contributed by atoms with E-state index in [4.69, 9.17) is 4.74 Å². The van der Waals surface area contributed by atoms with Crippen molar-refractivity contribution in [2.45, 2.75) is 110 Å². The van der Waals surface area contributed by atoms with Crippen LogP contribution in [0.2, 0.25) is 0 Å². The fourth-order valence-corrected chi connectivity index (χ4v) is 4.63. The molecule has 0 aromatic rings. The SMILES string of the molecule is CCCCCCCC=C[C@H]1CC[C@H](O)[C@@H]1CCCCC(C)(C)C(O)(OC)C(=O)O. The molecule has 0 heterocycles. The van der Waals surface area contributed by atoms with Crippen molar-refractivity contribution in [1.29, 1.82) is 0 Å². The molecule has 0 bridgehead atoms. The second kappa shape index (κ2) is 12.7. The number of unbranched alkanes of at least 4 members (excludes halogenated alkanes) is 6. The number of ether oxygens (including phenoxy) is 1. The Morgan fingerprint density at radius 2 is 1.79 bits per heavy atom. The van der Waals surface area contributed by atoms with Crippen LogP contribution in [0.5, 0.6) is 0 Å². The Kier molecular flexibility index (Phi) is 11.4. The smallest absolute Gasteiger partial charge is 0.364 e. The van der Waals surface area contributed by atoms with E-state index >= 15 is 0 Å². The average Bonchev–Trinajstić information content (AvgIpc) is 3.03. The van der Waals surface area contributed by atoms with Crippen LogP contribution in [-0.2, 0) is 9.53 Å². The van der Waals surface area contributed by atoms with Crippen molar-refractivity contribution < 1.29 is 24.9 Å². The van der Waals surface area contributed by atoms with Crippen molar-refractivity contribution in [2.24, 2.45) is 17.3 Å². The minimum absolute atomic E-state index is 0.239. The number of hydrogen-bond acceptors (Lipinski definition) is 4. The molecule has 1 saturated carbocycles. The van der Waals surface area contributed by atoms with Crippen molar-refractivity contribution in [3.8, 4) is 0 Å². The number of aliphatic carboxylic acids is 1. The Balaban J connectivity index is 2.42. The molecule has 5 heteroatoms. The van der Waals surface area contributed by atoms with E-state index in [2.05, 4.69) is 19.1 Å². The van der Waals surface area contributed by atoms with Gasteiger partial charge in [0.05, 0.1) is 6.10 Å². The molecule has 0 aliphatic heterocycles. The van der Waals surface area contributed by atoms with E-state index < -0.39 is 17.2 Å². The summed E-state index contributed by atoms with van der Waals surface area (Å²) in [5.74, 6) is -2.79. The first-order chi connectivity index (χ1) is 13.7. The molecule has 0 aromatic carbocycles. The molecule has 1 unspecified atom stereocenters. The fourth-order valence-electron chi connectivity index (χ4n) is 4.63. The summed E-state index contributed by atoms with van der Waals surface area (Å²) < 4.78 is 4.92. The van der Waals surface area contributed by atoms with E-state index in [1.165, 1.54) is 39.2 Å². The summed E-state index contributed by atoms with van der Waals surface area (Å²) in [4.78, 5) is 11.4. The number of hydrogen-bond donors (Lipinski definition) is 3. The van der Waals surface area contributed by atoms with Crippen molar-refractivity contribution in [3.63, 3.8) is 0 Å². The molecule has 29 heavy (non-hydrogen) atoms. The van der Waals surface area contributed by atoms with Crippen LogP contribution in [0, 0.1) is 17.3 Å². The van der Waals surface area contributed by atoms with Crippen LogP contribution in [0.25, 0.3) is 0 Å². The Morgan fingerprint density at radius 1 is 1.10 bits per heavy atom. The van der Waals surface area contributed by atoms with Crippen LogP contribution >= 0.6 is 0 Å². The van der Waals surface area contributed by atoms with Crippen LogP contribution in [0.3, 0.4) is 0 Å². The molecule has 0 amide bonds. The third-order valence-electron chi connectivity index (χ3n) is 6.79. The first-order valence-electron chi connectivity index (χ1n) is 11.5. The van der Waals surface area contributed by atoms with E-state index in [0.29, 0.717) is 12.3 Å². The number of carboxylic acid groups (broad SMARTS) is 1. The number of allylic oxidation sites excluding steroid dienone is 2. The summed E-state index contributed by atoms with van der Waals surface area (Å²) in [5.41, 5.74) is -0.890. The second-order valence-electron chi connectivity index (χ2n) is 9.39. The minimum Gasteiger partial charge on any atom is -0.477 e. The lowest BCUT2D eigenvalue weighted by Crippen LogP contribution is -2.53. The van der Waals surface area contributed by atoms with E-state index in [-0.39, 0.29) is 12.0 Å². The van der Waals surface area contributed by atoms with Gasteiger partial charge >= 0.3 is 5.97 Å². The molecule has 1 aliphatic carbocycles. The third-order valence-corrected chi connectivity index (χ3v) is 6.79. The van der Waals surface area contributed by atoms with Gasteiger partial charge in [0, 0.05) is 12.5 Å². The molecular formula is C24H44O5. The maximum atomic E-state index is 11.4. The first kappa shape index (κ1) is 26.1. The van der Waals surface area contributed by atoms with Crippen LogP contribution in [-0.4, -0.2) is 40.3 Å². The highest BCUT2D eigenvalue weighted by atomic mass is 16.6. The summed E-state index contributed by atoms with van der Waals surface area (Å²) in [6.45, 7) is 5.68. The van der Waals surface area contributed by atoms with Crippen LogP contribution < -0.4 is 0 Å². The van der Waals surface area contributed by atoms with Crippen LogP contribution in [0.4, 0.5) is 0 Å². The van der Waals surface area contributed by atoms with Gasteiger partial charge < -0.3 is 20.1 Å². The maximum absolute atomic E-state index is 11.4. The molecule has 0 aromatic heterocycles. The minimum atomic E-state index is -2.18.